The molecule has 0 bridgehead atoms. The monoisotopic (exact) mass is 789 g/mol. The van der Waals surface area contributed by atoms with Crippen molar-refractivity contribution in [2.75, 3.05) is 41.0 Å². The van der Waals surface area contributed by atoms with E-state index >= 15 is 0 Å². The molecule has 0 heterocycles. The van der Waals surface area contributed by atoms with Gasteiger partial charge in [-0.05, 0) is 57.8 Å². The summed E-state index contributed by atoms with van der Waals surface area (Å²) < 4.78 is 17.2. The van der Waals surface area contributed by atoms with E-state index in [1.54, 1.807) is 0 Å². The number of allylic oxidation sites excluding steroid dienone is 8. The lowest BCUT2D eigenvalue weighted by Gasteiger charge is -2.31. The van der Waals surface area contributed by atoms with Gasteiger partial charge in [-0.1, -0.05) is 159 Å². The summed E-state index contributed by atoms with van der Waals surface area (Å²) in [6, 6.07) is -0.619. The average molecular weight is 789 g/mol. The zero-order valence-electron chi connectivity index (χ0n) is 36.8. The second-order valence-electron chi connectivity index (χ2n) is 16.3. The summed E-state index contributed by atoms with van der Waals surface area (Å²) in [5, 5.41) is 9.61. The number of hydrogen-bond donors (Lipinski definition) is 1. The summed E-state index contributed by atoms with van der Waals surface area (Å²) >= 11 is 0. The summed E-state index contributed by atoms with van der Waals surface area (Å²) in [4.78, 5) is 36.9. The molecule has 0 aromatic heterocycles. The SMILES string of the molecule is CC/C=C/C/C=C/CCCCCCCCCCCCCCCCC(=O)OCC(COCCC(C(=O)O)[N+](C)(C)C)OC(=O)CCCCC/C=C/C=C/CCCC. The van der Waals surface area contributed by atoms with Gasteiger partial charge in [0, 0.05) is 19.3 Å². The summed E-state index contributed by atoms with van der Waals surface area (Å²) in [7, 11) is 5.51. The van der Waals surface area contributed by atoms with Gasteiger partial charge in [0.15, 0.2) is 12.1 Å². The van der Waals surface area contributed by atoms with E-state index < -0.39 is 18.1 Å². The predicted molar refractivity (Wildman–Crippen MR) is 234 cm³/mol. The van der Waals surface area contributed by atoms with Crippen molar-refractivity contribution in [3.05, 3.63) is 48.6 Å². The standard InChI is InChI=1S/C48H85NO7/c1-6-8-10-12-14-16-18-19-20-21-22-23-24-25-26-27-29-30-32-34-36-38-46(50)55-43-44(42-54-41-40-45(48(52)53)49(3,4)5)56-47(51)39-37-35-33-31-28-17-15-13-11-9-7-2/h8,10,13-17,28,44-45H,6-7,9,11-12,18-27,29-43H2,1-5H3/p+1/b10-8+,15-13+,16-14+,28-17+. The van der Waals surface area contributed by atoms with Gasteiger partial charge in [0.2, 0.25) is 0 Å². The summed E-state index contributed by atoms with van der Waals surface area (Å²) in [5.41, 5.74) is 0. The minimum absolute atomic E-state index is 0.0505. The molecule has 0 radical (unpaired) electrons. The van der Waals surface area contributed by atoms with E-state index in [2.05, 4.69) is 62.5 Å². The Labute approximate surface area is 344 Å². The fourth-order valence-corrected chi connectivity index (χ4v) is 6.46. The Morgan fingerprint density at radius 1 is 0.571 bits per heavy atom. The van der Waals surface area contributed by atoms with Gasteiger partial charge in [0.25, 0.3) is 0 Å². The third-order valence-corrected chi connectivity index (χ3v) is 9.99. The molecule has 0 aliphatic heterocycles. The maximum atomic E-state index is 12.7. The Kier molecular flexibility index (Phi) is 37.2. The van der Waals surface area contributed by atoms with E-state index in [0.717, 1.165) is 64.2 Å². The lowest BCUT2D eigenvalue weighted by atomic mass is 10.0. The molecule has 0 aromatic rings. The highest BCUT2D eigenvalue weighted by molar-refractivity contribution is 5.72. The number of ether oxygens (including phenoxy) is 3. The first kappa shape index (κ1) is 53.3. The first-order valence-electron chi connectivity index (χ1n) is 22.7. The number of carbonyl (C=O) groups is 3. The fraction of sp³-hybridized carbons (Fsp3) is 0.771. The van der Waals surface area contributed by atoms with Gasteiger partial charge in [0.1, 0.15) is 6.61 Å². The molecule has 0 saturated heterocycles. The van der Waals surface area contributed by atoms with E-state index in [9.17, 15) is 19.5 Å². The van der Waals surface area contributed by atoms with Crippen LogP contribution in [-0.4, -0.2) is 80.6 Å². The number of aliphatic carboxylic acids is 1. The Morgan fingerprint density at radius 3 is 1.59 bits per heavy atom. The van der Waals surface area contributed by atoms with Crippen LogP contribution in [0.2, 0.25) is 0 Å². The highest BCUT2D eigenvalue weighted by Crippen LogP contribution is 2.15. The van der Waals surface area contributed by atoms with E-state index in [4.69, 9.17) is 14.2 Å². The third-order valence-electron chi connectivity index (χ3n) is 9.99. The number of carbonyl (C=O) groups excluding carboxylic acids is 2. The van der Waals surface area contributed by atoms with Gasteiger partial charge in [-0.25, -0.2) is 4.79 Å². The predicted octanol–water partition coefficient (Wildman–Crippen LogP) is 12.4. The molecule has 8 nitrogen and oxygen atoms in total. The summed E-state index contributed by atoms with van der Waals surface area (Å²) in [6.45, 7) is 4.55. The quantitative estimate of drug-likeness (QED) is 0.0217. The molecule has 8 heteroatoms. The van der Waals surface area contributed by atoms with Crippen LogP contribution in [0.5, 0.6) is 0 Å². The van der Waals surface area contributed by atoms with Crippen LogP contribution in [-0.2, 0) is 28.6 Å². The molecule has 2 atom stereocenters. The minimum Gasteiger partial charge on any atom is -0.477 e. The molecular weight excluding hydrogens is 703 g/mol. The molecule has 0 rings (SSSR count). The van der Waals surface area contributed by atoms with Gasteiger partial charge >= 0.3 is 17.9 Å². The number of quaternary nitrogens is 1. The minimum atomic E-state index is -0.880. The molecule has 56 heavy (non-hydrogen) atoms. The first-order chi connectivity index (χ1) is 27.1. The molecule has 324 valence electrons. The van der Waals surface area contributed by atoms with Crippen molar-refractivity contribution >= 4 is 17.9 Å². The van der Waals surface area contributed by atoms with Crippen molar-refractivity contribution in [3.8, 4) is 0 Å². The van der Waals surface area contributed by atoms with E-state index in [1.165, 1.54) is 89.9 Å². The van der Waals surface area contributed by atoms with Crippen molar-refractivity contribution in [2.45, 2.75) is 199 Å². The maximum absolute atomic E-state index is 12.7. The Hall–Kier alpha value is -2.71. The number of likely N-dealkylation sites (N-methyl/N-ethyl adjacent to an activating group) is 1. The van der Waals surface area contributed by atoms with Crippen LogP contribution >= 0.6 is 0 Å². The zero-order valence-corrected chi connectivity index (χ0v) is 36.8. The van der Waals surface area contributed by atoms with Crippen molar-refractivity contribution in [3.63, 3.8) is 0 Å². The van der Waals surface area contributed by atoms with E-state index in [1.807, 2.05) is 21.1 Å². The largest absolute Gasteiger partial charge is 0.477 e. The fourth-order valence-electron chi connectivity index (χ4n) is 6.46. The maximum Gasteiger partial charge on any atom is 0.362 e. The molecule has 0 fully saturated rings. The molecule has 0 aromatic carbocycles. The van der Waals surface area contributed by atoms with Gasteiger partial charge in [-0.15, -0.1) is 0 Å². The van der Waals surface area contributed by atoms with Gasteiger partial charge in [0.05, 0.1) is 34.4 Å². The Bertz CT molecular complexity index is 1060. The summed E-state index contributed by atoms with van der Waals surface area (Å²) in [5.74, 6) is -1.50. The third kappa shape index (κ3) is 36.9. The molecule has 0 spiro atoms. The van der Waals surface area contributed by atoms with Gasteiger partial charge < -0.3 is 23.8 Å². The lowest BCUT2D eigenvalue weighted by Crippen LogP contribution is -2.50. The topological polar surface area (TPSA) is 99.1 Å². The molecule has 0 amide bonds. The highest BCUT2D eigenvalue weighted by Gasteiger charge is 2.31. The second kappa shape index (κ2) is 39.1. The number of carboxylic acid groups (broad SMARTS) is 1. The van der Waals surface area contributed by atoms with Crippen molar-refractivity contribution in [1.29, 1.82) is 0 Å². The van der Waals surface area contributed by atoms with Crippen LogP contribution in [0, 0.1) is 0 Å². The molecule has 0 aliphatic carbocycles. The molecule has 0 saturated carbocycles. The number of rotatable bonds is 40. The highest BCUT2D eigenvalue weighted by atomic mass is 16.6. The summed E-state index contributed by atoms with van der Waals surface area (Å²) in [6.07, 6.45) is 45.9. The lowest BCUT2D eigenvalue weighted by molar-refractivity contribution is -0.887. The molecular formula is C48H86NO7+. The van der Waals surface area contributed by atoms with Crippen LogP contribution in [0.4, 0.5) is 0 Å². The first-order valence-corrected chi connectivity index (χ1v) is 22.7. The number of esters is 2. The Balaban J connectivity index is 4.23. The Morgan fingerprint density at radius 2 is 1.05 bits per heavy atom. The smallest absolute Gasteiger partial charge is 0.362 e. The molecule has 1 N–H and O–H groups in total. The van der Waals surface area contributed by atoms with Crippen molar-refractivity contribution in [2.24, 2.45) is 0 Å². The van der Waals surface area contributed by atoms with Gasteiger partial charge in [-0.3, -0.25) is 9.59 Å². The number of carboxylic acids is 1. The zero-order chi connectivity index (χ0) is 41.4. The van der Waals surface area contributed by atoms with Crippen LogP contribution in [0.3, 0.4) is 0 Å². The van der Waals surface area contributed by atoms with E-state index in [-0.39, 0.29) is 36.2 Å². The molecule has 2 unspecified atom stereocenters. The van der Waals surface area contributed by atoms with Crippen LogP contribution in [0.1, 0.15) is 187 Å². The van der Waals surface area contributed by atoms with Crippen molar-refractivity contribution in [1.82, 2.24) is 0 Å². The normalized spacial score (nSPS) is 13.4. The number of nitrogens with zero attached hydrogens (tertiary/aromatic N) is 1. The molecule has 0 aliphatic rings. The average Bonchev–Trinajstić information content (AvgIpc) is 3.15. The van der Waals surface area contributed by atoms with E-state index in [0.29, 0.717) is 19.3 Å². The van der Waals surface area contributed by atoms with Crippen LogP contribution in [0.25, 0.3) is 0 Å². The second-order valence-corrected chi connectivity index (χ2v) is 16.3. The number of hydrogen-bond acceptors (Lipinski definition) is 6. The van der Waals surface area contributed by atoms with Crippen LogP contribution in [0.15, 0.2) is 48.6 Å². The van der Waals surface area contributed by atoms with Crippen molar-refractivity contribution < 1.29 is 38.2 Å². The van der Waals surface area contributed by atoms with Gasteiger partial charge in [-0.2, -0.15) is 0 Å². The number of unbranched alkanes of at least 4 members (excludes halogenated alkanes) is 19. The van der Waals surface area contributed by atoms with Crippen LogP contribution < -0.4 is 0 Å².